The monoisotopic (exact) mass is 368 g/mol. The third-order valence-corrected chi connectivity index (χ3v) is 5.80. The fourth-order valence-electron chi connectivity index (χ4n) is 4.55. The first-order chi connectivity index (χ1) is 13.0. The van der Waals surface area contributed by atoms with Crippen LogP contribution in [0.4, 0.5) is 0 Å². The van der Waals surface area contributed by atoms with Crippen molar-refractivity contribution < 1.29 is 9.59 Å². The summed E-state index contributed by atoms with van der Waals surface area (Å²) in [5.74, 6) is 1.38. The number of nitrogens with zero attached hydrogens (tertiary/aromatic N) is 4. The molecule has 2 aromatic rings. The fourth-order valence-corrected chi connectivity index (χ4v) is 4.55. The Balaban J connectivity index is 1.55. The van der Waals surface area contributed by atoms with Crippen molar-refractivity contribution in [3.63, 3.8) is 0 Å². The van der Waals surface area contributed by atoms with Gasteiger partial charge in [0.05, 0.1) is 23.0 Å². The molecule has 0 bridgehead atoms. The molecular weight excluding hydrogens is 340 g/mol. The van der Waals surface area contributed by atoms with Crippen LogP contribution >= 0.6 is 0 Å². The van der Waals surface area contributed by atoms with Crippen LogP contribution in [-0.4, -0.2) is 50.8 Å². The fraction of sp³-hybridized carbons (Fsp3) is 0.571. The molecule has 144 valence electrons. The van der Waals surface area contributed by atoms with Gasteiger partial charge in [0.15, 0.2) is 0 Å². The molecule has 1 aromatic carbocycles. The highest BCUT2D eigenvalue weighted by molar-refractivity contribution is 5.89. The molecule has 2 saturated heterocycles. The maximum atomic E-state index is 13.2. The van der Waals surface area contributed by atoms with Crippen LogP contribution in [-0.2, 0) is 16.6 Å². The third kappa shape index (κ3) is 3.22. The van der Waals surface area contributed by atoms with Crippen molar-refractivity contribution in [3.8, 4) is 0 Å². The molecular formula is C21H28N4O2. The van der Waals surface area contributed by atoms with Gasteiger partial charge in [-0.2, -0.15) is 0 Å². The summed E-state index contributed by atoms with van der Waals surface area (Å²) >= 11 is 0. The number of likely N-dealkylation sites (tertiary alicyclic amines) is 2. The Morgan fingerprint density at radius 3 is 2.81 bits per heavy atom. The first-order valence-electron chi connectivity index (χ1n) is 9.95. The van der Waals surface area contributed by atoms with Crippen LogP contribution in [0.3, 0.4) is 0 Å². The lowest BCUT2D eigenvalue weighted by atomic mass is 10.1. The van der Waals surface area contributed by atoms with Gasteiger partial charge in [-0.05, 0) is 30.9 Å². The molecule has 0 unspecified atom stereocenters. The van der Waals surface area contributed by atoms with Gasteiger partial charge in [0, 0.05) is 33.1 Å². The number of hydrogen-bond acceptors (Lipinski definition) is 3. The minimum absolute atomic E-state index is 0.00384. The number of hydrogen-bond donors (Lipinski definition) is 0. The molecule has 2 fully saturated rings. The quantitative estimate of drug-likeness (QED) is 0.834. The minimum atomic E-state index is -0.216. The smallest absolute Gasteiger partial charge is 0.228 e. The van der Waals surface area contributed by atoms with E-state index in [4.69, 9.17) is 4.98 Å². The van der Waals surface area contributed by atoms with E-state index in [0.29, 0.717) is 18.9 Å². The summed E-state index contributed by atoms with van der Waals surface area (Å²) in [5, 5.41) is 0. The van der Waals surface area contributed by atoms with Crippen LogP contribution in [0.25, 0.3) is 11.0 Å². The number of imidazole rings is 1. The summed E-state index contributed by atoms with van der Waals surface area (Å²) in [6.07, 6.45) is 2.26. The Morgan fingerprint density at radius 1 is 1.30 bits per heavy atom. The van der Waals surface area contributed by atoms with E-state index in [1.807, 2.05) is 35.0 Å². The number of carbonyl (C=O) groups excluding carboxylic acids is 2. The number of benzene rings is 1. The Bertz CT molecular complexity index is 872. The number of rotatable bonds is 4. The lowest BCUT2D eigenvalue weighted by Gasteiger charge is -2.27. The molecule has 27 heavy (non-hydrogen) atoms. The van der Waals surface area contributed by atoms with Gasteiger partial charge in [-0.3, -0.25) is 9.59 Å². The minimum Gasteiger partial charge on any atom is -0.342 e. The van der Waals surface area contributed by atoms with Crippen LogP contribution in [0.5, 0.6) is 0 Å². The highest BCUT2D eigenvalue weighted by Crippen LogP contribution is 2.35. The summed E-state index contributed by atoms with van der Waals surface area (Å²) < 4.78 is 2.11. The number of aromatic nitrogens is 2. The predicted molar refractivity (Wildman–Crippen MR) is 104 cm³/mol. The van der Waals surface area contributed by atoms with Crippen molar-refractivity contribution >= 4 is 22.8 Å². The first kappa shape index (κ1) is 18.0. The molecule has 0 N–H and O–H groups in total. The van der Waals surface area contributed by atoms with Crippen molar-refractivity contribution in [3.05, 3.63) is 30.1 Å². The van der Waals surface area contributed by atoms with Crippen LogP contribution < -0.4 is 0 Å². The number of carbonyl (C=O) groups is 2. The van der Waals surface area contributed by atoms with Gasteiger partial charge in [0.25, 0.3) is 0 Å². The molecule has 0 aliphatic carbocycles. The van der Waals surface area contributed by atoms with Gasteiger partial charge in [-0.25, -0.2) is 4.98 Å². The van der Waals surface area contributed by atoms with Crippen molar-refractivity contribution in [1.29, 1.82) is 0 Å². The highest BCUT2D eigenvalue weighted by Gasteiger charge is 2.41. The second kappa shape index (κ2) is 6.98. The van der Waals surface area contributed by atoms with E-state index in [9.17, 15) is 9.59 Å². The Labute approximate surface area is 160 Å². The molecule has 2 aliphatic heterocycles. The molecule has 3 heterocycles. The van der Waals surface area contributed by atoms with E-state index < -0.39 is 0 Å². The molecule has 2 aliphatic rings. The van der Waals surface area contributed by atoms with Gasteiger partial charge >= 0.3 is 0 Å². The number of aryl methyl sites for hydroxylation is 1. The van der Waals surface area contributed by atoms with Gasteiger partial charge in [0.1, 0.15) is 5.82 Å². The van der Waals surface area contributed by atoms with Crippen LogP contribution in [0.1, 0.15) is 45.0 Å². The topological polar surface area (TPSA) is 58.4 Å². The van der Waals surface area contributed by atoms with E-state index in [1.54, 1.807) is 0 Å². The van der Waals surface area contributed by atoms with Crippen molar-refractivity contribution in [2.45, 2.75) is 39.2 Å². The lowest BCUT2D eigenvalue weighted by molar-refractivity contribution is -0.136. The van der Waals surface area contributed by atoms with E-state index in [2.05, 4.69) is 24.5 Å². The molecule has 2 atom stereocenters. The van der Waals surface area contributed by atoms with E-state index >= 15 is 0 Å². The molecule has 0 radical (unpaired) electrons. The SMILES string of the molecule is CC(C)CN1C[C@H](C(=O)N2CCC[C@H]2c2nc3ccccc3n2C)CC1=O. The van der Waals surface area contributed by atoms with Crippen LogP contribution in [0, 0.1) is 11.8 Å². The Kier molecular flexibility index (Phi) is 4.66. The van der Waals surface area contributed by atoms with Gasteiger partial charge in [-0.15, -0.1) is 0 Å². The standard InChI is InChI=1S/C21H28N4O2/c1-14(2)12-24-13-15(11-19(24)26)21(27)25-10-6-9-18(25)20-22-16-7-4-5-8-17(16)23(20)3/h4-5,7-8,14-15,18H,6,9-13H2,1-3H3/t15-,18+/m1/s1. The Morgan fingerprint density at radius 2 is 2.07 bits per heavy atom. The maximum absolute atomic E-state index is 13.2. The molecule has 0 spiro atoms. The lowest BCUT2D eigenvalue weighted by Crippen LogP contribution is -2.38. The van der Waals surface area contributed by atoms with Crippen molar-refractivity contribution in [2.24, 2.45) is 18.9 Å². The molecule has 4 rings (SSSR count). The molecule has 0 saturated carbocycles. The van der Waals surface area contributed by atoms with E-state index in [-0.39, 0.29) is 23.8 Å². The number of para-hydroxylation sites is 2. The molecule has 6 heteroatoms. The van der Waals surface area contributed by atoms with E-state index in [1.165, 1.54) is 0 Å². The number of amides is 2. The van der Waals surface area contributed by atoms with E-state index in [0.717, 1.165) is 42.8 Å². The predicted octanol–water partition coefficient (Wildman–Crippen LogP) is 2.74. The zero-order valence-electron chi connectivity index (χ0n) is 16.4. The van der Waals surface area contributed by atoms with Crippen LogP contribution in [0.15, 0.2) is 24.3 Å². The second-order valence-corrected chi connectivity index (χ2v) is 8.30. The normalized spacial score (nSPS) is 23.2. The van der Waals surface area contributed by atoms with Gasteiger partial charge in [0.2, 0.25) is 11.8 Å². The summed E-state index contributed by atoms with van der Waals surface area (Å²) in [6, 6.07) is 8.08. The number of fused-ring (bicyclic) bond motifs is 1. The summed E-state index contributed by atoms with van der Waals surface area (Å²) in [6.45, 7) is 6.25. The summed E-state index contributed by atoms with van der Waals surface area (Å²) in [5.41, 5.74) is 2.06. The molecule has 6 nitrogen and oxygen atoms in total. The molecule has 1 aromatic heterocycles. The third-order valence-electron chi connectivity index (χ3n) is 5.80. The average Bonchev–Trinajstić information content (AvgIpc) is 3.33. The first-order valence-corrected chi connectivity index (χ1v) is 9.95. The molecule has 2 amide bonds. The largest absolute Gasteiger partial charge is 0.342 e. The summed E-state index contributed by atoms with van der Waals surface area (Å²) in [7, 11) is 2.02. The zero-order valence-corrected chi connectivity index (χ0v) is 16.4. The average molecular weight is 368 g/mol. The highest BCUT2D eigenvalue weighted by atomic mass is 16.2. The maximum Gasteiger partial charge on any atom is 0.228 e. The van der Waals surface area contributed by atoms with Crippen LogP contribution in [0.2, 0.25) is 0 Å². The van der Waals surface area contributed by atoms with Gasteiger partial charge in [-0.1, -0.05) is 26.0 Å². The van der Waals surface area contributed by atoms with Crippen molar-refractivity contribution in [1.82, 2.24) is 19.4 Å². The zero-order chi connectivity index (χ0) is 19.1. The Hall–Kier alpha value is -2.37. The van der Waals surface area contributed by atoms with Gasteiger partial charge < -0.3 is 14.4 Å². The van der Waals surface area contributed by atoms with Crippen molar-refractivity contribution in [2.75, 3.05) is 19.6 Å². The second-order valence-electron chi connectivity index (χ2n) is 8.30. The summed E-state index contributed by atoms with van der Waals surface area (Å²) in [4.78, 5) is 34.2.